The Labute approximate surface area is 232 Å². The lowest BCUT2D eigenvalue weighted by atomic mass is 9.94. The van der Waals surface area contributed by atoms with Gasteiger partial charge in [0, 0.05) is 16.7 Å². The molecule has 2 nitrogen and oxygen atoms in total. The summed E-state index contributed by atoms with van der Waals surface area (Å²) in [5, 5.41) is 7.56. The van der Waals surface area contributed by atoms with Gasteiger partial charge in [-0.25, -0.2) is 9.97 Å². The molecule has 0 aliphatic carbocycles. The molecule has 0 amide bonds. The van der Waals surface area contributed by atoms with E-state index in [9.17, 15) is 0 Å². The number of benzene rings is 7. The molecule has 0 atom stereocenters. The largest absolute Gasteiger partial charge is 0.244 e. The van der Waals surface area contributed by atoms with Crippen LogP contribution >= 0.6 is 0 Å². The van der Waals surface area contributed by atoms with Crippen LogP contribution in [0.15, 0.2) is 146 Å². The first-order valence-corrected chi connectivity index (χ1v) is 13.6. The van der Waals surface area contributed by atoms with E-state index in [0.717, 1.165) is 44.7 Å². The Balaban J connectivity index is 1.39. The second-order valence-electron chi connectivity index (χ2n) is 10.2. The summed E-state index contributed by atoms with van der Waals surface area (Å²) in [4.78, 5) is 10.5. The van der Waals surface area contributed by atoms with Crippen LogP contribution in [0, 0.1) is 0 Å². The second kappa shape index (κ2) is 9.14. The fraction of sp³-hybridized carbons (Fsp3) is 0. The summed E-state index contributed by atoms with van der Waals surface area (Å²) in [6.45, 7) is 0. The Hall–Kier alpha value is -5.34. The van der Waals surface area contributed by atoms with E-state index in [1.807, 2.05) is 12.1 Å². The molecule has 0 radical (unpaired) electrons. The molecule has 0 saturated heterocycles. The minimum atomic E-state index is 0.889. The van der Waals surface area contributed by atoms with Gasteiger partial charge in [-0.1, -0.05) is 133 Å². The summed E-state index contributed by atoms with van der Waals surface area (Å²) >= 11 is 0. The third kappa shape index (κ3) is 3.65. The van der Waals surface area contributed by atoms with Crippen LogP contribution in [0.25, 0.3) is 77.0 Å². The van der Waals surface area contributed by atoms with Crippen molar-refractivity contribution < 1.29 is 0 Å². The molecule has 1 heterocycles. The van der Waals surface area contributed by atoms with Gasteiger partial charge in [-0.15, -0.1) is 0 Å². The molecular formula is C38H24N2. The molecule has 0 aliphatic rings. The first kappa shape index (κ1) is 22.6. The Morgan fingerprint density at radius 1 is 0.350 bits per heavy atom. The summed E-state index contributed by atoms with van der Waals surface area (Å²) in [5.41, 5.74) is 7.93. The van der Waals surface area contributed by atoms with Gasteiger partial charge in [-0.3, -0.25) is 0 Å². The van der Waals surface area contributed by atoms with Crippen molar-refractivity contribution in [2.75, 3.05) is 0 Å². The van der Waals surface area contributed by atoms with E-state index in [1.54, 1.807) is 0 Å². The maximum Gasteiger partial charge on any atom is 0.0973 e. The van der Waals surface area contributed by atoms with E-state index >= 15 is 0 Å². The minimum absolute atomic E-state index is 0.889. The average molecular weight is 509 g/mol. The molecular weight excluding hydrogens is 484 g/mol. The van der Waals surface area contributed by atoms with Crippen molar-refractivity contribution in [3.63, 3.8) is 0 Å². The molecule has 0 unspecified atom stereocenters. The van der Waals surface area contributed by atoms with Crippen LogP contribution in [0.4, 0.5) is 0 Å². The Kier molecular flexibility index (Phi) is 5.17. The van der Waals surface area contributed by atoms with Crippen LogP contribution in [-0.2, 0) is 0 Å². The molecule has 0 spiro atoms. The number of fused-ring (bicyclic) bond motifs is 6. The lowest BCUT2D eigenvalue weighted by molar-refractivity contribution is 1.29. The summed E-state index contributed by atoms with van der Waals surface area (Å²) in [7, 11) is 0. The standard InChI is InChI=1S/C38H24N2/c1-3-11-27(12-4-1)36-37(28-13-5-2-6-14-28)40-38-31(16-9-17-35(38)39-36)29-19-18-26-21-22-32-30-15-8-7-10-25(30)20-23-33(32)34(26)24-29/h1-24H. The van der Waals surface area contributed by atoms with E-state index in [-0.39, 0.29) is 0 Å². The average Bonchev–Trinajstić information content (AvgIpc) is 3.04. The van der Waals surface area contributed by atoms with Gasteiger partial charge in [-0.2, -0.15) is 0 Å². The maximum atomic E-state index is 5.32. The summed E-state index contributed by atoms with van der Waals surface area (Å²) in [5.74, 6) is 0. The van der Waals surface area contributed by atoms with Gasteiger partial charge in [0.2, 0.25) is 0 Å². The molecule has 8 aromatic rings. The first-order chi connectivity index (χ1) is 19.8. The van der Waals surface area contributed by atoms with Crippen molar-refractivity contribution >= 4 is 43.4 Å². The molecule has 0 bridgehead atoms. The zero-order chi connectivity index (χ0) is 26.5. The highest BCUT2D eigenvalue weighted by Gasteiger charge is 2.16. The Morgan fingerprint density at radius 2 is 0.950 bits per heavy atom. The first-order valence-electron chi connectivity index (χ1n) is 13.6. The number of nitrogens with zero attached hydrogens (tertiary/aromatic N) is 2. The summed E-state index contributed by atoms with van der Waals surface area (Å²) < 4.78 is 0. The zero-order valence-electron chi connectivity index (χ0n) is 21.8. The molecule has 186 valence electrons. The molecule has 8 rings (SSSR count). The van der Waals surface area contributed by atoms with Crippen LogP contribution in [0.2, 0.25) is 0 Å². The lowest BCUT2D eigenvalue weighted by Crippen LogP contribution is -1.97. The van der Waals surface area contributed by atoms with Gasteiger partial charge < -0.3 is 0 Å². The van der Waals surface area contributed by atoms with Crippen molar-refractivity contribution in [2.24, 2.45) is 0 Å². The molecule has 2 heteroatoms. The fourth-order valence-electron chi connectivity index (χ4n) is 5.89. The topological polar surface area (TPSA) is 25.8 Å². The Bertz CT molecular complexity index is 2200. The van der Waals surface area contributed by atoms with Crippen LogP contribution in [0.3, 0.4) is 0 Å². The van der Waals surface area contributed by atoms with Crippen molar-refractivity contribution in [3.05, 3.63) is 146 Å². The van der Waals surface area contributed by atoms with Crippen molar-refractivity contribution in [2.45, 2.75) is 0 Å². The number of rotatable bonds is 3. The SMILES string of the molecule is c1ccc(-c2nc3cccc(-c4ccc5ccc6c7ccccc7ccc6c5c4)c3nc2-c2ccccc2)cc1. The van der Waals surface area contributed by atoms with Gasteiger partial charge in [0.15, 0.2) is 0 Å². The fourth-order valence-corrected chi connectivity index (χ4v) is 5.89. The van der Waals surface area contributed by atoms with Gasteiger partial charge in [0.25, 0.3) is 0 Å². The highest BCUT2D eigenvalue weighted by molar-refractivity contribution is 6.18. The van der Waals surface area contributed by atoms with Crippen molar-refractivity contribution in [3.8, 4) is 33.6 Å². The van der Waals surface area contributed by atoms with Gasteiger partial charge in [0.05, 0.1) is 22.4 Å². The predicted molar refractivity (Wildman–Crippen MR) is 168 cm³/mol. The van der Waals surface area contributed by atoms with Crippen LogP contribution in [0.5, 0.6) is 0 Å². The van der Waals surface area contributed by atoms with Crippen LogP contribution in [0.1, 0.15) is 0 Å². The smallest absolute Gasteiger partial charge is 0.0973 e. The number of aromatic nitrogens is 2. The molecule has 0 fully saturated rings. The zero-order valence-corrected chi connectivity index (χ0v) is 21.8. The number of hydrogen-bond acceptors (Lipinski definition) is 2. The van der Waals surface area contributed by atoms with E-state index in [2.05, 4.69) is 133 Å². The third-order valence-electron chi connectivity index (χ3n) is 7.84. The number of hydrogen-bond donors (Lipinski definition) is 0. The minimum Gasteiger partial charge on any atom is -0.244 e. The van der Waals surface area contributed by atoms with E-state index in [1.165, 1.54) is 32.3 Å². The molecule has 0 aliphatic heterocycles. The van der Waals surface area contributed by atoms with Crippen LogP contribution in [-0.4, -0.2) is 9.97 Å². The molecule has 0 saturated carbocycles. The van der Waals surface area contributed by atoms with Gasteiger partial charge in [-0.05, 0) is 50.0 Å². The Morgan fingerprint density at radius 3 is 1.70 bits per heavy atom. The monoisotopic (exact) mass is 508 g/mol. The quantitative estimate of drug-likeness (QED) is 0.222. The second-order valence-corrected chi connectivity index (χ2v) is 10.2. The maximum absolute atomic E-state index is 5.32. The number of para-hydroxylation sites is 1. The van der Waals surface area contributed by atoms with Gasteiger partial charge in [0.1, 0.15) is 0 Å². The molecule has 7 aromatic carbocycles. The normalized spacial score (nSPS) is 11.5. The molecule has 1 aromatic heterocycles. The molecule has 40 heavy (non-hydrogen) atoms. The summed E-state index contributed by atoms with van der Waals surface area (Å²) in [6, 6.07) is 51.3. The van der Waals surface area contributed by atoms with Crippen molar-refractivity contribution in [1.82, 2.24) is 9.97 Å². The van der Waals surface area contributed by atoms with E-state index in [0.29, 0.717) is 0 Å². The van der Waals surface area contributed by atoms with Crippen molar-refractivity contribution in [1.29, 1.82) is 0 Å². The van der Waals surface area contributed by atoms with Crippen LogP contribution < -0.4 is 0 Å². The third-order valence-corrected chi connectivity index (χ3v) is 7.84. The van der Waals surface area contributed by atoms with E-state index < -0.39 is 0 Å². The van der Waals surface area contributed by atoms with Gasteiger partial charge >= 0.3 is 0 Å². The highest BCUT2D eigenvalue weighted by atomic mass is 14.8. The summed E-state index contributed by atoms with van der Waals surface area (Å²) in [6.07, 6.45) is 0. The molecule has 0 N–H and O–H groups in total. The predicted octanol–water partition coefficient (Wildman–Crippen LogP) is 10.1. The highest BCUT2D eigenvalue weighted by Crippen LogP contribution is 2.37. The lowest BCUT2D eigenvalue weighted by Gasteiger charge is -2.14. The van der Waals surface area contributed by atoms with E-state index in [4.69, 9.17) is 9.97 Å².